The van der Waals surface area contributed by atoms with E-state index in [0.29, 0.717) is 24.6 Å². The number of alkyl halides is 3. The first-order valence-electron chi connectivity index (χ1n) is 10.8. The molecule has 1 unspecified atom stereocenters. The molecule has 0 aromatic heterocycles. The fraction of sp³-hybridized carbons (Fsp3) is 0.696. The zero-order chi connectivity index (χ0) is 21.7. The number of hydrogen-bond acceptors (Lipinski definition) is 2. The van der Waals surface area contributed by atoms with E-state index in [-0.39, 0.29) is 0 Å². The number of benzene rings is 1. The number of esters is 1. The summed E-state index contributed by atoms with van der Waals surface area (Å²) in [6, 6.07) is 1.84. The van der Waals surface area contributed by atoms with Gasteiger partial charge in [-0.3, -0.25) is 0 Å². The third-order valence-corrected chi connectivity index (χ3v) is 5.03. The second kappa shape index (κ2) is 13.6. The van der Waals surface area contributed by atoms with Gasteiger partial charge in [0.1, 0.15) is 5.82 Å². The van der Waals surface area contributed by atoms with Gasteiger partial charge in [-0.15, -0.1) is 0 Å². The minimum atomic E-state index is -4.73. The fourth-order valence-electron chi connectivity index (χ4n) is 3.33. The molecular formula is C23H34F4O2. The average Bonchev–Trinajstić information content (AvgIpc) is 2.65. The summed E-state index contributed by atoms with van der Waals surface area (Å²) in [7, 11) is 0. The molecule has 0 radical (unpaired) electrons. The highest BCUT2D eigenvalue weighted by atomic mass is 19.4. The van der Waals surface area contributed by atoms with Gasteiger partial charge in [0, 0.05) is 0 Å². The minimum Gasteiger partial charge on any atom is -0.459 e. The van der Waals surface area contributed by atoms with Gasteiger partial charge in [-0.1, -0.05) is 71.1 Å². The van der Waals surface area contributed by atoms with Gasteiger partial charge in [-0.25, -0.2) is 9.18 Å². The normalized spacial score (nSPS) is 12.8. The van der Waals surface area contributed by atoms with Gasteiger partial charge >= 0.3 is 12.1 Å². The summed E-state index contributed by atoms with van der Waals surface area (Å²) in [5, 5.41) is 0. The lowest BCUT2D eigenvalue weighted by Gasteiger charge is -2.16. The molecule has 0 saturated carbocycles. The van der Waals surface area contributed by atoms with Crippen molar-refractivity contribution in [3.8, 4) is 0 Å². The molecule has 0 aliphatic heterocycles. The van der Waals surface area contributed by atoms with E-state index in [4.69, 9.17) is 4.74 Å². The van der Waals surface area contributed by atoms with Crippen LogP contribution in [0.25, 0.3) is 0 Å². The molecular weight excluding hydrogens is 384 g/mol. The Morgan fingerprint density at radius 1 is 0.931 bits per heavy atom. The van der Waals surface area contributed by atoms with Crippen molar-refractivity contribution in [1.82, 2.24) is 0 Å². The molecule has 0 N–H and O–H groups in total. The molecule has 29 heavy (non-hydrogen) atoms. The van der Waals surface area contributed by atoms with E-state index >= 15 is 0 Å². The van der Waals surface area contributed by atoms with Crippen LogP contribution in [0.5, 0.6) is 0 Å². The zero-order valence-electron chi connectivity index (χ0n) is 17.6. The van der Waals surface area contributed by atoms with E-state index in [1.165, 1.54) is 51.4 Å². The highest BCUT2D eigenvalue weighted by Crippen LogP contribution is 2.33. The van der Waals surface area contributed by atoms with Crippen LogP contribution < -0.4 is 0 Å². The summed E-state index contributed by atoms with van der Waals surface area (Å²) < 4.78 is 57.4. The number of carbonyl (C=O) groups excluding carboxylic acids is 1. The maximum absolute atomic E-state index is 13.3. The summed E-state index contributed by atoms with van der Waals surface area (Å²) in [5.74, 6) is -2.03. The van der Waals surface area contributed by atoms with Crippen molar-refractivity contribution in [3.63, 3.8) is 0 Å². The zero-order valence-corrected chi connectivity index (χ0v) is 17.6. The van der Waals surface area contributed by atoms with Gasteiger partial charge in [-0.05, 0) is 38.0 Å². The molecule has 0 bridgehead atoms. The number of rotatable bonds is 14. The molecule has 1 aromatic carbocycles. The standard InChI is InChI=1S/C23H34F4O2/c1-3-4-5-6-7-8-9-10-11-12-13-14-18(2)29-22(28)20-17-19(24)15-16-21(20)23(25,26)27/h15-18H,3-14H2,1-2H3. The molecule has 0 heterocycles. The van der Waals surface area contributed by atoms with Crippen LogP contribution in [0.2, 0.25) is 0 Å². The Labute approximate surface area is 172 Å². The van der Waals surface area contributed by atoms with Crippen LogP contribution >= 0.6 is 0 Å². The Bertz CT molecular complexity index is 599. The number of hydrogen-bond donors (Lipinski definition) is 0. The van der Waals surface area contributed by atoms with E-state index in [0.717, 1.165) is 19.3 Å². The topological polar surface area (TPSA) is 26.3 Å². The Morgan fingerprint density at radius 2 is 1.45 bits per heavy atom. The van der Waals surface area contributed by atoms with E-state index < -0.39 is 35.2 Å². The Balaban J connectivity index is 2.25. The molecule has 6 heteroatoms. The van der Waals surface area contributed by atoms with Gasteiger partial charge in [0.15, 0.2) is 0 Å². The Kier molecular flexibility index (Phi) is 11.9. The lowest BCUT2D eigenvalue weighted by atomic mass is 10.0. The van der Waals surface area contributed by atoms with Crippen molar-refractivity contribution < 1.29 is 27.1 Å². The summed E-state index contributed by atoms with van der Waals surface area (Å²) in [4.78, 5) is 12.1. The third-order valence-electron chi connectivity index (χ3n) is 5.03. The smallest absolute Gasteiger partial charge is 0.417 e. The molecule has 1 aromatic rings. The summed E-state index contributed by atoms with van der Waals surface area (Å²) in [5.41, 5.74) is -1.95. The van der Waals surface area contributed by atoms with E-state index in [1.807, 2.05) is 0 Å². The molecule has 1 rings (SSSR count). The molecule has 0 amide bonds. The first-order chi connectivity index (χ1) is 13.8. The Morgan fingerprint density at radius 3 is 1.97 bits per heavy atom. The van der Waals surface area contributed by atoms with Crippen molar-refractivity contribution in [2.45, 2.75) is 103 Å². The quantitative estimate of drug-likeness (QED) is 0.173. The van der Waals surface area contributed by atoms with Crippen LogP contribution in [0.3, 0.4) is 0 Å². The van der Waals surface area contributed by atoms with E-state index in [9.17, 15) is 22.4 Å². The molecule has 166 valence electrons. The van der Waals surface area contributed by atoms with E-state index in [1.54, 1.807) is 6.92 Å². The highest BCUT2D eigenvalue weighted by Gasteiger charge is 2.36. The highest BCUT2D eigenvalue weighted by molar-refractivity contribution is 5.91. The summed E-state index contributed by atoms with van der Waals surface area (Å²) in [6.45, 7) is 3.86. The minimum absolute atomic E-state index is 0.509. The Hall–Kier alpha value is -1.59. The number of halogens is 4. The van der Waals surface area contributed by atoms with Crippen LogP contribution in [-0.4, -0.2) is 12.1 Å². The predicted molar refractivity (Wildman–Crippen MR) is 107 cm³/mol. The largest absolute Gasteiger partial charge is 0.459 e. The number of carbonyl (C=O) groups is 1. The molecule has 0 fully saturated rings. The van der Waals surface area contributed by atoms with Crippen LogP contribution in [-0.2, 0) is 10.9 Å². The van der Waals surface area contributed by atoms with Gasteiger partial charge in [0.25, 0.3) is 0 Å². The lowest BCUT2D eigenvalue weighted by molar-refractivity contribution is -0.138. The predicted octanol–water partition coefficient (Wildman–Crippen LogP) is 8.09. The van der Waals surface area contributed by atoms with E-state index in [2.05, 4.69) is 6.92 Å². The number of unbranched alkanes of at least 4 members (excludes halogenated alkanes) is 10. The molecule has 2 nitrogen and oxygen atoms in total. The first kappa shape index (κ1) is 25.4. The first-order valence-corrected chi connectivity index (χ1v) is 10.8. The summed E-state index contributed by atoms with van der Waals surface area (Å²) >= 11 is 0. The van der Waals surface area contributed by atoms with Gasteiger partial charge in [0.2, 0.25) is 0 Å². The monoisotopic (exact) mass is 418 g/mol. The lowest BCUT2D eigenvalue weighted by Crippen LogP contribution is -2.19. The van der Waals surface area contributed by atoms with Crippen LogP contribution in [0.1, 0.15) is 107 Å². The molecule has 0 spiro atoms. The number of ether oxygens (including phenoxy) is 1. The molecule has 0 aliphatic carbocycles. The summed E-state index contributed by atoms with van der Waals surface area (Å²) in [6.07, 6.45) is 8.51. The molecule has 0 saturated heterocycles. The maximum atomic E-state index is 13.3. The maximum Gasteiger partial charge on any atom is 0.417 e. The van der Waals surface area contributed by atoms with Gasteiger partial charge < -0.3 is 4.74 Å². The van der Waals surface area contributed by atoms with Crippen molar-refractivity contribution in [2.24, 2.45) is 0 Å². The van der Waals surface area contributed by atoms with Gasteiger partial charge in [0.05, 0.1) is 17.2 Å². The van der Waals surface area contributed by atoms with Gasteiger partial charge in [-0.2, -0.15) is 13.2 Å². The van der Waals surface area contributed by atoms with Crippen LogP contribution in [0.15, 0.2) is 18.2 Å². The van der Waals surface area contributed by atoms with Crippen LogP contribution in [0, 0.1) is 5.82 Å². The second-order valence-corrected chi connectivity index (χ2v) is 7.73. The fourth-order valence-corrected chi connectivity index (χ4v) is 3.33. The van der Waals surface area contributed by atoms with Crippen LogP contribution in [0.4, 0.5) is 17.6 Å². The molecule has 0 aliphatic rings. The van der Waals surface area contributed by atoms with Crippen molar-refractivity contribution >= 4 is 5.97 Å². The molecule has 1 atom stereocenters. The van der Waals surface area contributed by atoms with Crippen molar-refractivity contribution in [2.75, 3.05) is 0 Å². The SMILES string of the molecule is CCCCCCCCCCCCCC(C)OC(=O)c1cc(F)ccc1C(F)(F)F. The van der Waals surface area contributed by atoms with Crippen molar-refractivity contribution in [3.05, 3.63) is 35.1 Å². The third kappa shape index (κ3) is 10.7. The van der Waals surface area contributed by atoms with Crippen molar-refractivity contribution in [1.29, 1.82) is 0 Å². The average molecular weight is 419 g/mol. The second-order valence-electron chi connectivity index (χ2n) is 7.73.